The monoisotopic (exact) mass is 286 g/mol. The molecule has 0 unspecified atom stereocenters. The highest BCUT2D eigenvalue weighted by atomic mass is 32.2. The first-order valence-corrected chi connectivity index (χ1v) is 7.13. The average Bonchev–Trinajstić information content (AvgIpc) is 2.35. The fourth-order valence-electron chi connectivity index (χ4n) is 1.45. The highest BCUT2D eigenvalue weighted by molar-refractivity contribution is 7.89. The molecule has 0 saturated carbocycles. The summed E-state index contributed by atoms with van der Waals surface area (Å²) in [5.41, 5.74) is 0.425. The Morgan fingerprint density at radius 2 is 1.84 bits per heavy atom. The first-order valence-electron chi connectivity index (χ1n) is 5.52. The van der Waals surface area contributed by atoms with E-state index in [0.717, 1.165) is 4.31 Å². The van der Waals surface area contributed by atoms with Crippen LogP contribution in [-0.4, -0.2) is 29.3 Å². The van der Waals surface area contributed by atoms with Gasteiger partial charge >= 0.3 is 0 Å². The number of amides is 1. The molecule has 1 aromatic carbocycles. The van der Waals surface area contributed by atoms with Crippen molar-refractivity contribution in [2.45, 2.75) is 20.4 Å². The summed E-state index contributed by atoms with van der Waals surface area (Å²) in [4.78, 5) is 21.3. The number of nitrogens with zero attached hydrogens (tertiary/aromatic N) is 2. The predicted molar refractivity (Wildman–Crippen MR) is 68.8 cm³/mol. The van der Waals surface area contributed by atoms with E-state index in [1.54, 1.807) is 0 Å². The lowest BCUT2D eigenvalue weighted by Crippen LogP contribution is -2.35. The Kier molecular flexibility index (Phi) is 4.60. The van der Waals surface area contributed by atoms with Crippen LogP contribution in [0.15, 0.2) is 24.3 Å². The van der Waals surface area contributed by atoms with E-state index in [9.17, 15) is 23.3 Å². The van der Waals surface area contributed by atoms with Crippen molar-refractivity contribution in [3.63, 3.8) is 0 Å². The lowest BCUT2D eigenvalue weighted by Gasteiger charge is -2.20. The van der Waals surface area contributed by atoms with Gasteiger partial charge in [0, 0.05) is 19.1 Å². The van der Waals surface area contributed by atoms with Crippen molar-refractivity contribution in [3.8, 4) is 0 Å². The van der Waals surface area contributed by atoms with Crippen molar-refractivity contribution in [1.29, 1.82) is 0 Å². The number of carbonyl (C=O) groups excluding carboxylic acids is 1. The highest BCUT2D eigenvalue weighted by Crippen LogP contribution is 2.15. The molecule has 0 aliphatic heterocycles. The summed E-state index contributed by atoms with van der Waals surface area (Å²) in [6.45, 7) is 2.49. The molecular weight excluding hydrogens is 272 g/mol. The molecule has 0 heterocycles. The molecule has 0 aromatic heterocycles. The smallest absolute Gasteiger partial charge is 0.269 e. The first kappa shape index (κ1) is 15.1. The topological polar surface area (TPSA) is 97.6 Å². The maximum atomic E-state index is 11.7. The summed E-state index contributed by atoms with van der Waals surface area (Å²) in [6.07, 6.45) is 0. The van der Waals surface area contributed by atoms with Gasteiger partial charge in [0.25, 0.3) is 5.69 Å². The molecule has 0 bridgehead atoms. The van der Waals surface area contributed by atoms with Gasteiger partial charge in [-0.2, -0.15) is 0 Å². The third-order valence-corrected chi connectivity index (χ3v) is 4.31. The van der Waals surface area contributed by atoms with E-state index in [1.807, 2.05) is 0 Å². The molecule has 0 saturated heterocycles. The summed E-state index contributed by atoms with van der Waals surface area (Å²) in [5.74, 6) is -0.764. The zero-order chi connectivity index (χ0) is 14.6. The van der Waals surface area contributed by atoms with Gasteiger partial charge in [0.05, 0.1) is 17.2 Å². The van der Waals surface area contributed by atoms with E-state index in [-0.39, 0.29) is 18.0 Å². The number of non-ortho nitro benzene ring substituents is 1. The van der Waals surface area contributed by atoms with E-state index in [0.29, 0.717) is 5.56 Å². The average molecular weight is 286 g/mol. The van der Waals surface area contributed by atoms with Gasteiger partial charge in [-0.25, -0.2) is 12.7 Å². The maximum Gasteiger partial charge on any atom is 0.269 e. The molecule has 1 rings (SSSR count). The number of rotatable bonds is 5. The van der Waals surface area contributed by atoms with Crippen molar-refractivity contribution in [1.82, 2.24) is 4.31 Å². The SMILES string of the molecule is CCS(=O)(=O)N(Cc1ccc([N+](=O)[O-])cc1)C(C)=O. The Bertz CT molecular complexity index is 580. The second-order valence-electron chi connectivity index (χ2n) is 3.85. The van der Waals surface area contributed by atoms with Crippen LogP contribution in [0.2, 0.25) is 0 Å². The molecule has 0 N–H and O–H groups in total. The lowest BCUT2D eigenvalue weighted by molar-refractivity contribution is -0.384. The van der Waals surface area contributed by atoms with E-state index < -0.39 is 20.9 Å². The highest BCUT2D eigenvalue weighted by Gasteiger charge is 2.23. The molecule has 0 aliphatic rings. The van der Waals surface area contributed by atoms with Crippen LogP contribution in [0.25, 0.3) is 0 Å². The van der Waals surface area contributed by atoms with Crippen LogP contribution in [-0.2, 0) is 21.4 Å². The molecule has 8 heteroatoms. The van der Waals surface area contributed by atoms with Gasteiger partial charge in [0.1, 0.15) is 0 Å². The minimum absolute atomic E-state index is 0.0866. The van der Waals surface area contributed by atoms with Crippen LogP contribution >= 0.6 is 0 Å². The van der Waals surface area contributed by atoms with Crippen molar-refractivity contribution in [2.24, 2.45) is 0 Å². The number of benzene rings is 1. The van der Waals surface area contributed by atoms with Crippen molar-refractivity contribution >= 4 is 21.6 Å². The van der Waals surface area contributed by atoms with E-state index in [1.165, 1.54) is 38.1 Å². The molecule has 19 heavy (non-hydrogen) atoms. The number of hydrogen-bond acceptors (Lipinski definition) is 5. The van der Waals surface area contributed by atoms with Crippen LogP contribution in [0.4, 0.5) is 5.69 Å². The van der Waals surface area contributed by atoms with Crippen LogP contribution in [0.5, 0.6) is 0 Å². The summed E-state index contributed by atoms with van der Waals surface area (Å²) in [5, 5.41) is 10.5. The molecule has 0 spiro atoms. The Balaban J connectivity index is 2.98. The van der Waals surface area contributed by atoms with Crippen LogP contribution in [0.3, 0.4) is 0 Å². The van der Waals surface area contributed by atoms with Crippen molar-refractivity contribution in [3.05, 3.63) is 39.9 Å². The largest absolute Gasteiger partial charge is 0.274 e. The molecule has 104 valence electrons. The number of carbonyl (C=O) groups is 1. The summed E-state index contributed by atoms with van der Waals surface area (Å²) in [7, 11) is -3.63. The number of nitro benzene ring substituents is 1. The van der Waals surface area contributed by atoms with Crippen LogP contribution < -0.4 is 0 Å². The summed E-state index contributed by atoms with van der Waals surface area (Å²) >= 11 is 0. The van der Waals surface area contributed by atoms with Gasteiger partial charge in [0.15, 0.2) is 0 Å². The fourth-order valence-corrected chi connectivity index (χ4v) is 2.50. The van der Waals surface area contributed by atoms with Crippen molar-refractivity contribution < 1.29 is 18.1 Å². The van der Waals surface area contributed by atoms with Crippen molar-refractivity contribution in [2.75, 3.05) is 5.75 Å². The van der Waals surface area contributed by atoms with Gasteiger partial charge < -0.3 is 0 Å². The molecular formula is C11H14N2O5S. The third-order valence-electron chi connectivity index (χ3n) is 2.53. The Morgan fingerprint density at radius 1 is 1.32 bits per heavy atom. The quantitative estimate of drug-likeness (QED) is 0.600. The molecule has 1 amide bonds. The second kappa shape index (κ2) is 5.79. The zero-order valence-corrected chi connectivity index (χ0v) is 11.4. The molecule has 0 radical (unpaired) electrons. The Labute approximate surface area is 111 Å². The minimum atomic E-state index is -3.63. The predicted octanol–water partition coefficient (Wildman–Crippen LogP) is 1.29. The Hall–Kier alpha value is -1.96. The van der Waals surface area contributed by atoms with Crippen LogP contribution in [0.1, 0.15) is 19.4 Å². The van der Waals surface area contributed by atoms with E-state index in [4.69, 9.17) is 0 Å². The van der Waals surface area contributed by atoms with Gasteiger partial charge in [-0.05, 0) is 12.5 Å². The van der Waals surface area contributed by atoms with Gasteiger partial charge in [-0.15, -0.1) is 0 Å². The number of hydrogen-bond donors (Lipinski definition) is 0. The molecule has 1 aromatic rings. The van der Waals surface area contributed by atoms with Gasteiger partial charge in [-0.1, -0.05) is 12.1 Å². The molecule has 7 nitrogen and oxygen atoms in total. The van der Waals surface area contributed by atoms with Gasteiger partial charge in [-0.3, -0.25) is 14.9 Å². The maximum absolute atomic E-state index is 11.7. The summed E-state index contributed by atoms with van der Waals surface area (Å²) < 4.78 is 24.2. The second-order valence-corrected chi connectivity index (χ2v) is 6.03. The van der Waals surface area contributed by atoms with E-state index >= 15 is 0 Å². The van der Waals surface area contributed by atoms with Crippen LogP contribution in [0, 0.1) is 10.1 Å². The minimum Gasteiger partial charge on any atom is -0.274 e. The molecule has 0 fully saturated rings. The van der Waals surface area contributed by atoms with E-state index in [2.05, 4.69) is 0 Å². The number of sulfonamides is 1. The fraction of sp³-hybridized carbons (Fsp3) is 0.364. The third kappa shape index (κ3) is 3.75. The summed E-state index contributed by atoms with van der Waals surface area (Å²) in [6, 6.07) is 5.40. The number of nitro groups is 1. The molecule has 0 atom stereocenters. The van der Waals surface area contributed by atoms with Gasteiger partial charge in [0.2, 0.25) is 15.9 Å². The Morgan fingerprint density at radius 3 is 2.21 bits per heavy atom. The first-order chi connectivity index (χ1) is 8.77. The lowest BCUT2D eigenvalue weighted by atomic mass is 10.2. The zero-order valence-electron chi connectivity index (χ0n) is 10.6. The standard InChI is InChI=1S/C11H14N2O5S/c1-3-19(17,18)12(9(2)14)8-10-4-6-11(7-5-10)13(15)16/h4-7H,3,8H2,1-2H3. The normalized spacial score (nSPS) is 11.1. The molecule has 0 aliphatic carbocycles.